The first-order chi connectivity index (χ1) is 7.97. The highest BCUT2D eigenvalue weighted by Crippen LogP contribution is 2.07. The molecule has 0 atom stereocenters. The first kappa shape index (κ1) is 16.0. The van der Waals surface area contributed by atoms with E-state index in [1.54, 1.807) is 4.90 Å². The molecule has 17 heavy (non-hydrogen) atoms. The van der Waals surface area contributed by atoms with Gasteiger partial charge in [0.15, 0.2) is 0 Å². The van der Waals surface area contributed by atoms with Crippen LogP contribution in [-0.2, 0) is 4.79 Å². The van der Waals surface area contributed by atoms with Gasteiger partial charge >= 0.3 is 0 Å². The summed E-state index contributed by atoms with van der Waals surface area (Å²) in [4.78, 5) is 13.3. The smallest absolute Gasteiger partial charge is 0.222 e. The lowest BCUT2D eigenvalue weighted by molar-refractivity contribution is -0.129. The number of hydrogen-bond acceptors (Lipinski definition) is 1. The summed E-state index contributed by atoms with van der Waals surface area (Å²) in [7, 11) is 1.87. The van der Waals surface area contributed by atoms with Crippen molar-refractivity contribution >= 4 is 5.91 Å². The van der Waals surface area contributed by atoms with Gasteiger partial charge in [-0.15, -0.1) is 0 Å². The molecule has 0 saturated heterocycles. The van der Waals surface area contributed by atoms with Gasteiger partial charge < -0.3 is 4.90 Å². The molecule has 0 unspecified atom stereocenters. The summed E-state index contributed by atoms with van der Waals surface area (Å²) in [5, 5.41) is 0. The van der Waals surface area contributed by atoms with E-state index in [-0.39, 0.29) is 5.91 Å². The minimum Gasteiger partial charge on any atom is -0.342 e. The Labute approximate surface area is 106 Å². The van der Waals surface area contributed by atoms with Crippen LogP contribution < -0.4 is 0 Å². The molecule has 0 aromatic rings. The van der Waals surface area contributed by atoms with Crippen LogP contribution in [0.1, 0.15) is 53.4 Å². The normalized spacial score (nSPS) is 11.2. The summed E-state index contributed by atoms with van der Waals surface area (Å²) in [5.74, 6) is 0.237. The fourth-order valence-electron chi connectivity index (χ4n) is 1.49. The number of amides is 1. The third-order valence-corrected chi connectivity index (χ3v) is 2.69. The molecule has 98 valence electrons. The first-order valence-electron chi connectivity index (χ1n) is 6.50. The molecule has 0 saturated carbocycles. The summed E-state index contributed by atoms with van der Waals surface area (Å²) in [6, 6.07) is 0. The van der Waals surface area contributed by atoms with Gasteiger partial charge in [0.25, 0.3) is 0 Å². The molecule has 0 aliphatic rings. The van der Waals surface area contributed by atoms with E-state index in [1.165, 1.54) is 11.1 Å². The molecule has 0 N–H and O–H groups in total. The van der Waals surface area contributed by atoms with Crippen LogP contribution in [0.25, 0.3) is 0 Å². The highest BCUT2D eigenvalue weighted by molar-refractivity contribution is 5.75. The predicted molar refractivity (Wildman–Crippen MR) is 75.0 cm³/mol. The summed E-state index contributed by atoms with van der Waals surface area (Å²) in [5.41, 5.74) is 2.73. The van der Waals surface area contributed by atoms with Gasteiger partial charge in [-0.05, 0) is 40.0 Å². The maximum absolute atomic E-state index is 11.5. The van der Waals surface area contributed by atoms with Crippen molar-refractivity contribution in [2.75, 3.05) is 13.6 Å². The first-order valence-corrected chi connectivity index (χ1v) is 6.50. The van der Waals surface area contributed by atoms with E-state index < -0.39 is 0 Å². The molecule has 0 bridgehead atoms. The zero-order chi connectivity index (χ0) is 13.3. The molecule has 0 heterocycles. The van der Waals surface area contributed by atoms with E-state index in [9.17, 15) is 4.79 Å². The number of nitrogens with zero attached hydrogens (tertiary/aromatic N) is 1. The summed E-state index contributed by atoms with van der Waals surface area (Å²) in [6.07, 6.45) is 8.17. The van der Waals surface area contributed by atoms with Crippen LogP contribution >= 0.6 is 0 Å². The van der Waals surface area contributed by atoms with Gasteiger partial charge in [-0.1, -0.05) is 30.2 Å². The highest BCUT2D eigenvalue weighted by Gasteiger charge is 2.04. The van der Waals surface area contributed by atoms with E-state index >= 15 is 0 Å². The predicted octanol–water partition coefficient (Wildman–Crippen LogP) is 3.94. The Morgan fingerprint density at radius 2 is 1.76 bits per heavy atom. The lowest BCUT2D eigenvalue weighted by Crippen LogP contribution is -2.26. The SMILES string of the molecule is CCCC(=O)N(C)CC=C(C)CCC=C(C)C. The molecule has 0 aromatic heterocycles. The third-order valence-electron chi connectivity index (χ3n) is 2.69. The fourth-order valence-corrected chi connectivity index (χ4v) is 1.49. The summed E-state index contributed by atoms with van der Waals surface area (Å²) in [6.45, 7) is 9.15. The average molecular weight is 237 g/mol. The number of carbonyl (C=O) groups is 1. The van der Waals surface area contributed by atoms with Crippen LogP contribution in [0.2, 0.25) is 0 Å². The maximum Gasteiger partial charge on any atom is 0.222 e. The van der Waals surface area contributed by atoms with E-state index in [0.29, 0.717) is 6.42 Å². The van der Waals surface area contributed by atoms with Crippen LogP contribution in [0.15, 0.2) is 23.3 Å². The quantitative estimate of drug-likeness (QED) is 0.614. The molecule has 0 aromatic carbocycles. The second kappa shape index (κ2) is 9.03. The Morgan fingerprint density at radius 3 is 2.29 bits per heavy atom. The van der Waals surface area contributed by atoms with Crippen LogP contribution in [-0.4, -0.2) is 24.4 Å². The molecule has 0 fully saturated rings. The molecule has 2 heteroatoms. The van der Waals surface area contributed by atoms with Crippen LogP contribution in [0.4, 0.5) is 0 Å². The molecular weight excluding hydrogens is 210 g/mol. The number of rotatable bonds is 7. The van der Waals surface area contributed by atoms with Crippen LogP contribution in [0.5, 0.6) is 0 Å². The molecule has 0 radical (unpaired) electrons. The van der Waals surface area contributed by atoms with Crippen molar-refractivity contribution in [3.8, 4) is 0 Å². The minimum absolute atomic E-state index is 0.237. The molecule has 0 rings (SSSR count). The molecule has 0 spiro atoms. The topological polar surface area (TPSA) is 20.3 Å². The minimum atomic E-state index is 0.237. The highest BCUT2D eigenvalue weighted by atomic mass is 16.2. The van der Waals surface area contributed by atoms with Gasteiger partial charge in [0.1, 0.15) is 0 Å². The van der Waals surface area contributed by atoms with Gasteiger partial charge in [0, 0.05) is 20.0 Å². The molecule has 0 aliphatic carbocycles. The monoisotopic (exact) mass is 237 g/mol. The Balaban J connectivity index is 3.97. The molecule has 0 aliphatic heterocycles. The van der Waals surface area contributed by atoms with Gasteiger partial charge in [0.2, 0.25) is 5.91 Å². The number of allylic oxidation sites excluding steroid dienone is 3. The van der Waals surface area contributed by atoms with Crippen molar-refractivity contribution in [1.29, 1.82) is 0 Å². The number of hydrogen-bond donors (Lipinski definition) is 0. The van der Waals surface area contributed by atoms with Gasteiger partial charge in [-0.2, -0.15) is 0 Å². The van der Waals surface area contributed by atoms with Crippen molar-refractivity contribution in [3.63, 3.8) is 0 Å². The molecule has 2 nitrogen and oxygen atoms in total. The maximum atomic E-state index is 11.5. The molecule has 1 amide bonds. The third kappa shape index (κ3) is 8.73. The zero-order valence-corrected chi connectivity index (χ0v) is 12.0. The number of likely N-dealkylation sites (N-methyl/N-ethyl adjacent to an activating group) is 1. The van der Waals surface area contributed by atoms with Gasteiger partial charge in [-0.3, -0.25) is 4.79 Å². The average Bonchev–Trinajstić information content (AvgIpc) is 2.25. The van der Waals surface area contributed by atoms with Crippen molar-refractivity contribution in [1.82, 2.24) is 4.90 Å². The molecular formula is C15H27NO. The van der Waals surface area contributed by atoms with Crippen molar-refractivity contribution in [2.45, 2.75) is 53.4 Å². The second-order valence-corrected chi connectivity index (χ2v) is 4.89. The van der Waals surface area contributed by atoms with Crippen molar-refractivity contribution in [3.05, 3.63) is 23.3 Å². The van der Waals surface area contributed by atoms with E-state index in [1.807, 2.05) is 14.0 Å². The fraction of sp³-hybridized carbons (Fsp3) is 0.667. The van der Waals surface area contributed by atoms with E-state index in [4.69, 9.17) is 0 Å². The van der Waals surface area contributed by atoms with Gasteiger partial charge in [-0.25, -0.2) is 0 Å². The van der Waals surface area contributed by atoms with E-state index in [2.05, 4.69) is 32.9 Å². The van der Waals surface area contributed by atoms with Gasteiger partial charge in [0.05, 0.1) is 0 Å². The van der Waals surface area contributed by atoms with Crippen LogP contribution in [0.3, 0.4) is 0 Å². The second-order valence-electron chi connectivity index (χ2n) is 4.89. The Hall–Kier alpha value is -1.05. The summed E-state index contributed by atoms with van der Waals surface area (Å²) >= 11 is 0. The van der Waals surface area contributed by atoms with Crippen molar-refractivity contribution < 1.29 is 4.79 Å². The van der Waals surface area contributed by atoms with E-state index in [0.717, 1.165) is 25.8 Å². The lowest BCUT2D eigenvalue weighted by atomic mass is 10.1. The van der Waals surface area contributed by atoms with Crippen LogP contribution in [0, 0.1) is 0 Å². The lowest BCUT2D eigenvalue weighted by Gasteiger charge is -2.14. The number of carbonyl (C=O) groups excluding carboxylic acids is 1. The largest absolute Gasteiger partial charge is 0.342 e. The Kier molecular flexibility index (Phi) is 8.47. The standard InChI is InChI=1S/C15H27NO/c1-6-8-15(17)16(5)12-11-14(4)10-7-9-13(2)3/h9,11H,6-8,10,12H2,1-5H3. The van der Waals surface area contributed by atoms with Crippen molar-refractivity contribution in [2.24, 2.45) is 0 Å². The zero-order valence-electron chi connectivity index (χ0n) is 12.0. The Morgan fingerprint density at radius 1 is 1.12 bits per heavy atom. The Bertz CT molecular complexity index is 285. The summed E-state index contributed by atoms with van der Waals surface area (Å²) < 4.78 is 0.